The Morgan fingerprint density at radius 3 is 2.92 bits per heavy atom. The highest BCUT2D eigenvalue weighted by Gasteiger charge is 2.17. The SMILES string of the molecule is COCc1cccc(C(=O)Nc2ccc(C)cc2OCC2CCCO2)c1. The molecule has 2 aromatic carbocycles. The van der Waals surface area contributed by atoms with Crippen molar-refractivity contribution in [3.63, 3.8) is 0 Å². The maximum absolute atomic E-state index is 12.6. The monoisotopic (exact) mass is 355 g/mol. The Hall–Kier alpha value is -2.37. The molecule has 1 heterocycles. The minimum atomic E-state index is -0.172. The van der Waals surface area contributed by atoms with Crippen LogP contribution in [0.1, 0.15) is 34.3 Å². The lowest BCUT2D eigenvalue weighted by molar-refractivity contribution is 0.0681. The fourth-order valence-electron chi connectivity index (χ4n) is 2.97. The molecule has 0 saturated carbocycles. The minimum Gasteiger partial charge on any atom is -0.489 e. The molecule has 1 N–H and O–H groups in total. The molecule has 1 atom stereocenters. The molecule has 1 aliphatic heterocycles. The van der Waals surface area contributed by atoms with Gasteiger partial charge in [-0.25, -0.2) is 0 Å². The number of benzene rings is 2. The third-order valence-electron chi connectivity index (χ3n) is 4.33. The fraction of sp³-hybridized carbons (Fsp3) is 0.381. The fourth-order valence-corrected chi connectivity index (χ4v) is 2.97. The zero-order valence-electron chi connectivity index (χ0n) is 15.3. The summed E-state index contributed by atoms with van der Waals surface area (Å²) in [6.07, 6.45) is 2.22. The molecule has 138 valence electrons. The van der Waals surface area contributed by atoms with Crippen molar-refractivity contribution in [2.45, 2.75) is 32.5 Å². The van der Waals surface area contributed by atoms with Gasteiger partial charge in [0.15, 0.2) is 0 Å². The van der Waals surface area contributed by atoms with Crippen molar-refractivity contribution in [2.24, 2.45) is 0 Å². The van der Waals surface area contributed by atoms with Crippen molar-refractivity contribution in [1.82, 2.24) is 0 Å². The van der Waals surface area contributed by atoms with Crippen LogP contribution in [0, 0.1) is 6.92 Å². The zero-order valence-corrected chi connectivity index (χ0v) is 15.3. The van der Waals surface area contributed by atoms with Gasteiger partial charge in [-0.3, -0.25) is 4.79 Å². The van der Waals surface area contributed by atoms with Gasteiger partial charge in [-0.15, -0.1) is 0 Å². The van der Waals surface area contributed by atoms with Crippen LogP contribution < -0.4 is 10.1 Å². The number of carbonyl (C=O) groups is 1. The topological polar surface area (TPSA) is 56.8 Å². The van der Waals surface area contributed by atoms with Crippen LogP contribution in [-0.2, 0) is 16.1 Å². The predicted octanol–water partition coefficient (Wildman–Crippen LogP) is 3.95. The number of amides is 1. The van der Waals surface area contributed by atoms with Crippen LogP contribution in [-0.4, -0.2) is 32.3 Å². The number of rotatable bonds is 7. The minimum absolute atomic E-state index is 0.129. The summed E-state index contributed by atoms with van der Waals surface area (Å²) >= 11 is 0. The van der Waals surface area contributed by atoms with Gasteiger partial charge in [0.1, 0.15) is 12.4 Å². The molecule has 0 radical (unpaired) electrons. The quantitative estimate of drug-likeness (QED) is 0.817. The van der Waals surface area contributed by atoms with Crippen molar-refractivity contribution in [3.05, 3.63) is 59.2 Å². The van der Waals surface area contributed by atoms with Crippen LogP contribution in [0.3, 0.4) is 0 Å². The average molecular weight is 355 g/mol. The van der Waals surface area contributed by atoms with E-state index in [1.165, 1.54) is 0 Å². The lowest BCUT2D eigenvalue weighted by Gasteiger charge is -2.16. The Bertz CT molecular complexity index is 753. The van der Waals surface area contributed by atoms with Crippen LogP contribution in [0.5, 0.6) is 5.75 Å². The van der Waals surface area contributed by atoms with Gasteiger partial charge in [-0.2, -0.15) is 0 Å². The Kier molecular flexibility index (Phi) is 6.26. The van der Waals surface area contributed by atoms with Gasteiger partial charge in [0.05, 0.1) is 18.4 Å². The number of methoxy groups -OCH3 is 1. The number of nitrogens with one attached hydrogen (secondary N) is 1. The van der Waals surface area contributed by atoms with Gasteiger partial charge in [0.25, 0.3) is 5.91 Å². The highest BCUT2D eigenvalue weighted by Crippen LogP contribution is 2.27. The van der Waals surface area contributed by atoms with Crippen molar-refractivity contribution in [2.75, 3.05) is 25.6 Å². The van der Waals surface area contributed by atoms with Crippen molar-refractivity contribution in [3.8, 4) is 5.75 Å². The third kappa shape index (κ3) is 4.84. The van der Waals surface area contributed by atoms with Crippen LogP contribution in [0.25, 0.3) is 0 Å². The lowest BCUT2D eigenvalue weighted by Crippen LogP contribution is -2.18. The summed E-state index contributed by atoms with van der Waals surface area (Å²) in [6, 6.07) is 13.2. The van der Waals surface area contributed by atoms with Gasteiger partial charge in [-0.1, -0.05) is 18.2 Å². The number of carbonyl (C=O) groups excluding carboxylic acids is 1. The smallest absolute Gasteiger partial charge is 0.255 e. The van der Waals surface area contributed by atoms with Gasteiger partial charge in [-0.05, 0) is 55.2 Å². The molecular formula is C21H25NO4. The van der Waals surface area contributed by atoms with Gasteiger partial charge < -0.3 is 19.5 Å². The summed E-state index contributed by atoms with van der Waals surface area (Å²) in [7, 11) is 1.64. The highest BCUT2D eigenvalue weighted by molar-refractivity contribution is 6.05. The summed E-state index contributed by atoms with van der Waals surface area (Å²) in [4.78, 5) is 12.6. The summed E-state index contributed by atoms with van der Waals surface area (Å²) < 4.78 is 16.7. The first kappa shape index (κ1) is 18.4. The van der Waals surface area contributed by atoms with E-state index in [0.717, 1.165) is 30.6 Å². The van der Waals surface area contributed by atoms with Gasteiger partial charge in [0.2, 0.25) is 0 Å². The molecular weight excluding hydrogens is 330 g/mol. The summed E-state index contributed by atoms with van der Waals surface area (Å²) in [6.45, 7) is 3.76. The number of anilines is 1. The molecule has 1 fully saturated rings. The normalized spacial score (nSPS) is 16.5. The second-order valence-corrected chi connectivity index (χ2v) is 6.53. The molecule has 5 nitrogen and oxygen atoms in total. The van der Waals surface area contributed by atoms with Crippen molar-refractivity contribution in [1.29, 1.82) is 0 Å². The number of hydrogen-bond donors (Lipinski definition) is 1. The Balaban J connectivity index is 1.71. The number of aryl methyl sites for hydroxylation is 1. The maximum atomic E-state index is 12.6. The first-order valence-electron chi connectivity index (χ1n) is 8.90. The zero-order chi connectivity index (χ0) is 18.4. The summed E-state index contributed by atoms with van der Waals surface area (Å²) in [5.41, 5.74) is 3.28. The molecule has 0 bridgehead atoms. The standard InChI is InChI=1S/C21H25NO4/c1-15-8-9-19(20(11-15)26-14-18-7-4-10-25-18)22-21(23)17-6-3-5-16(12-17)13-24-2/h3,5-6,8-9,11-12,18H,4,7,10,13-14H2,1-2H3,(H,22,23). The average Bonchev–Trinajstić information content (AvgIpc) is 3.16. The van der Waals surface area contributed by atoms with Crippen LogP contribution in [0.4, 0.5) is 5.69 Å². The predicted molar refractivity (Wildman–Crippen MR) is 101 cm³/mol. The second-order valence-electron chi connectivity index (χ2n) is 6.53. The molecule has 26 heavy (non-hydrogen) atoms. The van der Waals surface area contributed by atoms with E-state index in [0.29, 0.717) is 30.2 Å². The van der Waals surface area contributed by atoms with Crippen molar-refractivity contribution >= 4 is 11.6 Å². The number of ether oxygens (including phenoxy) is 3. The van der Waals surface area contributed by atoms with Crippen LogP contribution >= 0.6 is 0 Å². The van der Waals surface area contributed by atoms with Gasteiger partial charge in [0, 0.05) is 19.3 Å². The van der Waals surface area contributed by atoms with Crippen LogP contribution in [0.15, 0.2) is 42.5 Å². The second kappa shape index (κ2) is 8.83. The summed E-state index contributed by atoms with van der Waals surface area (Å²) in [5, 5.41) is 2.95. The van der Waals surface area contributed by atoms with Gasteiger partial charge >= 0.3 is 0 Å². The summed E-state index contributed by atoms with van der Waals surface area (Å²) in [5.74, 6) is 0.496. The van der Waals surface area contributed by atoms with E-state index in [9.17, 15) is 4.79 Å². The van der Waals surface area contributed by atoms with E-state index in [2.05, 4.69) is 5.32 Å². The molecule has 1 aliphatic rings. The van der Waals surface area contributed by atoms with E-state index >= 15 is 0 Å². The molecule has 1 amide bonds. The van der Waals surface area contributed by atoms with E-state index in [4.69, 9.17) is 14.2 Å². The van der Waals surface area contributed by atoms with Crippen molar-refractivity contribution < 1.29 is 19.0 Å². The Morgan fingerprint density at radius 1 is 1.27 bits per heavy atom. The maximum Gasteiger partial charge on any atom is 0.255 e. The largest absolute Gasteiger partial charge is 0.489 e. The highest BCUT2D eigenvalue weighted by atomic mass is 16.5. The third-order valence-corrected chi connectivity index (χ3v) is 4.33. The first-order chi connectivity index (χ1) is 12.7. The molecule has 0 aromatic heterocycles. The van der Waals surface area contributed by atoms with E-state index in [1.54, 1.807) is 13.2 Å². The van der Waals surface area contributed by atoms with E-state index in [1.807, 2.05) is 43.3 Å². The molecule has 1 saturated heterocycles. The lowest BCUT2D eigenvalue weighted by atomic mass is 10.1. The molecule has 2 aromatic rings. The number of hydrogen-bond acceptors (Lipinski definition) is 4. The molecule has 5 heteroatoms. The Morgan fingerprint density at radius 2 is 2.15 bits per heavy atom. The molecule has 3 rings (SSSR count). The first-order valence-corrected chi connectivity index (χ1v) is 8.90. The van der Waals surface area contributed by atoms with Crippen LogP contribution in [0.2, 0.25) is 0 Å². The van der Waals surface area contributed by atoms with E-state index < -0.39 is 0 Å². The molecule has 0 spiro atoms. The molecule has 1 unspecified atom stereocenters. The molecule has 0 aliphatic carbocycles. The van der Waals surface area contributed by atoms with E-state index in [-0.39, 0.29) is 12.0 Å². The Labute approximate surface area is 154 Å².